The summed E-state index contributed by atoms with van der Waals surface area (Å²) in [6.45, 7) is 7.77. The van der Waals surface area contributed by atoms with Gasteiger partial charge in [0.25, 0.3) is 0 Å². The number of hydrogen-bond donors (Lipinski definition) is 0. The van der Waals surface area contributed by atoms with Gasteiger partial charge in [0.15, 0.2) is 0 Å². The Morgan fingerprint density at radius 3 is 1.83 bits per heavy atom. The van der Waals surface area contributed by atoms with Crippen molar-refractivity contribution in [2.45, 2.75) is 25.8 Å². The molecule has 0 saturated heterocycles. The van der Waals surface area contributed by atoms with E-state index in [-0.39, 0.29) is 5.97 Å². The standard InChI is InChI=1S/C15H30O7Si/c1-14(2)15(16)22-11-7-10-20-8-6-9-21-12-13-23(17-3,18-4)19-5/h1,6-13H2,2-5H3. The average Bonchev–Trinajstić information content (AvgIpc) is 2.56. The van der Waals surface area contributed by atoms with E-state index in [1.165, 1.54) is 0 Å². The summed E-state index contributed by atoms with van der Waals surface area (Å²) >= 11 is 0. The molecule has 8 heteroatoms. The first-order chi connectivity index (χ1) is 11.0. The van der Waals surface area contributed by atoms with Gasteiger partial charge < -0.3 is 27.5 Å². The minimum absolute atomic E-state index is 0.347. The zero-order valence-electron chi connectivity index (χ0n) is 14.7. The first kappa shape index (κ1) is 22.2. The Hall–Kier alpha value is -0.773. The lowest BCUT2D eigenvalue weighted by molar-refractivity contribution is -0.139. The molecule has 0 aromatic carbocycles. The summed E-state index contributed by atoms with van der Waals surface area (Å²) in [5, 5.41) is 0. The van der Waals surface area contributed by atoms with E-state index < -0.39 is 8.80 Å². The van der Waals surface area contributed by atoms with Crippen molar-refractivity contribution < 1.29 is 32.3 Å². The van der Waals surface area contributed by atoms with E-state index in [9.17, 15) is 4.79 Å². The quantitative estimate of drug-likeness (QED) is 0.193. The summed E-state index contributed by atoms with van der Waals surface area (Å²) in [5.74, 6) is -0.360. The minimum atomic E-state index is -2.53. The van der Waals surface area contributed by atoms with E-state index >= 15 is 0 Å². The SMILES string of the molecule is C=C(C)C(=O)OCCCOCCCOCC[Si](OC)(OC)OC. The molecule has 0 aliphatic rings. The molecule has 0 saturated carbocycles. The summed E-state index contributed by atoms with van der Waals surface area (Å²) in [7, 11) is 2.22. The van der Waals surface area contributed by atoms with Crippen molar-refractivity contribution in [2.75, 3.05) is 54.4 Å². The van der Waals surface area contributed by atoms with Crippen LogP contribution in [-0.2, 0) is 32.3 Å². The van der Waals surface area contributed by atoms with Crippen LogP contribution in [0.3, 0.4) is 0 Å². The fourth-order valence-corrected chi connectivity index (χ4v) is 3.18. The fourth-order valence-electron chi connectivity index (χ4n) is 1.67. The predicted octanol–water partition coefficient (Wildman–Crippen LogP) is 1.80. The molecular formula is C15H30O7Si. The van der Waals surface area contributed by atoms with Crippen molar-refractivity contribution in [3.05, 3.63) is 12.2 Å². The minimum Gasteiger partial charge on any atom is -0.462 e. The number of carbonyl (C=O) groups is 1. The molecule has 0 amide bonds. The highest BCUT2D eigenvalue weighted by Gasteiger charge is 2.37. The van der Waals surface area contributed by atoms with Crippen LogP contribution in [0.25, 0.3) is 0 Å². The Bertz CT molecular complexity index is 324. The molecule has 0 aliphatic carbocycles. The van der Waals surface area contributed by atoms with Crippen molar-refractivity contribution in [3.63, 3.8) is 0 Å². The first-order valence-corrected chi connectivity index (χ1v) is 9.58. The maximum atomic E-state index is 11.1. The Morgan fingerprint density at radius 2 is 1.35 bits per heavy atom. The summed E-state index contributed by atoms with van der Waals surface area (Å²) < 4.78 is 31.8. The Balaban J connectivity index is 3.40. The van der Waals surface area contributed by atoms with Crippen LogP contribution in [0.15, 0.2) is 12.2 Å². The van der Waals surface area contributed by atoms with Gasteiger partial charge in [-0.3, -0.25) is 0 Å². The molecule has 0 spiro atoms. The van der Waals surface area contributed by atoms with Crippen LogP contribution in [0.1, 0.15) is 19.8 Å². The molecule has 0 atom stereocenters. The molecule has 0 aromatic heterocycles. The smallest absolute Gasteiger partial charge is 0.462 e. The second-order valence-electron chi connectivity index (χ2n) is 4.89. The van der Waals surface area contributed by atoms with Crippen molar-refractivity contribution in [1.29, 1.82) is 0 Å². The molecule has 0 bridgehead atoms. The number of esters is 1. The second kappa shape index (κ2) is 13.6. The maximum Gasteiger partial charge on any atom is 0.502 e. The lowest BCUT2D eigenvalue weighted by Crippen LogP contribution is -2.43. The first-order valence-electron chi connectivity index (χ1n) is 7.65. The average molecular weight is 350 g/mol. The zero-order chi connectivity index (χ0) is 17.6. The number of hydrogen-bond acceptors (Lipinski definition) is 7. The molecule has 0 aliphatic heterocycles. The van der Waals surface area contributed by atoms with Crippen LogP contribution in [0, 0.1) is 0 Å². The van der Waals surface area contributed by atoms with E-state index in [0.29, 0.717) is 51.1 Å². The lowest BCUT2D eigenvalue weighted by atomic mass is 10.4. The molecule has 7 nitrogen and oxygen atoms in total. The van der Waals surface area contributed by atoms with Crippen molar-refractivity contribution in [1.82, 2.24) is 0 Å². The topological polar surface area (TPSA) is 72.5 Å². The molecule has 0 radical (unpaired) electrons. The van der Waals surface area contributed by atoms with Gasteiger partial charge in [-0.25, -0.2) is 4.79 Å². The third kappa shape index (κ3) is 10.6. The van der Waals surface area contributed by atoms with Crippen LogP contribution in [0.5, 0.6) is 0 Å². The Morgan fingerprint density at radius 1 is 0.870 bits per heavy atom. The molecular weight excluding hydrogens is 320 g/mol. The molecule has 23 heavy (non-hydrogen) atoms. The Labute approximate surface area is 140 Å². The highest BCUT2D eigenvalue weighted by molar-refractivity contribution is 6.60. The van der Waals surface area contributed by atoms with Gasteiger partial charge in [0, 0.05) is 59.2 Å². The molecule has 136 valence electrons. The van der Waals surface area contributed by atoms with Crippen molar-refractivity contribution in [2.24, 2.45) is 0 Å². The normalized spacial score (nSPS) is 11.5. The molecule has 0 aromatic rings. The second-order valence-corrected chi connectivity index (χ2v) is 7.98. The largest absolute Gasteiger partial charge is 0.502 e. The van der Waals surface area contributed by atoms with Gasteiger partial charge >= 0.3 is 14.8 Å². The molecule has 0 fully saturated rings. The van der Waals surface area contributed by atoms with Crippen LogP contribution in [0.4, 0.5) is 0 Å². The summed E-state index contributed by atoms with van der Waals surface area (Å²) in [5.41, 5.74) is 0.408. The number of carbonyl (C=O) groups excluding carboxylic acids is 1. The third-order valence-corrected chi connectivity index (χ3v) is 5.76. The van der Waals surface area contributed by atoms with E-state index in [1.807, 2.05) is 0 Å². The van der Waals surface area contributed by atoms with E-state index in [4.69, 9.17) is 27.5 Å². The molecule has 0 N–H and O–H groups in total. The van der Waals surface area contributed by atoms with Crippen molar-refractivity contribution >= 4 is 14.8 Å². The van der Waals surface area contributed by atoms with Crippen LogP contribution < -0.4 is 0 Å². The van der Waals surface area contributed by atoms with Gasteiger partial charge in [-0.05, 0) is 13.3 Å². The molecule has 0 rings (SSSR count). The molecule has 0 unspecified atom stereocenters. The summed E-state index contributed by atoms with van der Waals surface area (Å²) in [6, 6.07) is 0.617. The van der Waals surface area contributed by atoms with Gasteiger partial charge in [0.05, 0.1) is 13.2 Å². The fraction of sp³-hybridized carbons (Fsp3) is 0.800. The monoisotopic (exact) mass is 350 g/mol. The van der Waals surface area contributed by atoms with Crippen molar-refractivity contribution in [3.8, 4) is 0 Å². The van der Waals surface area contributed by atoms with Crippen LogP contribution in [-0.4, -0.2) is 69.1 Å². The zero-order valence-corrected chi connectivity index (χ0v) is 15.7. The van der Waals surface area contributed by atoms with E-state index in [2.05, 4.69) is 6.58 Å². The van der Waals surface area contributed by atoms with Gasteiger partial charge in [0.1, 0.15) is 0 Å². The Kier molecular flexibility index (Phi) is 13.2. The van der Waals surface area contributed by atoms with Crippen LogP contribution >= 0.6 is 0 Å². The number of ether oxygens (including phenoxy) is 3. The summed E-state index contributed by atoms with van der Waals surface area (Å²) in [6.07, 6.45) is 1.47. The highest BCUT2D eigenvalue weighted by atomic mass is 28.4. The lowest BCUT2D eigenvalue weighted by Gasteiger charge is -2.24. The predicted molar refractivity (Wildman–Crippen MR) is 88.2 cm³/mol. The van der Waals surface area contributed by atoms with Gasteiger partial charge in [-0.1, -0.05) is 6.58 Å². The number of rotatable bonds is 15. The van der Waals surface area contributed by atoms with Crippen LogP contribution in [0.2, 0.25) is 6.04 Å². The molecule has 0 heterocycles. The van der Waals surface area contributed by atoms with E-state index in [0.717, 1.165) is 6.42 Å². The van der Waals surface area contributed by atoms with Gasteiger partial charge in [0.2, 0.25) is 0 Å². The van der Waals surface area contributed by atoms with E-state index in [1.54, 1.807) is 28.3 Å². The third-order valence-electron chi connectivity index (χ3n) is 3.08. The maximum absolute atomic E-state index is 11.1. The van der Waals surface area contributed by atoms with Gasteiger partial charge in [-0.15, -0.1) is 0 Å². The van der Waals surface area contributed by atoms with Gasteiger partial charge in [-0.2, -0.15) is 0 Å². The highest BCUT2D eigenvalue weighted by Crippen LogP contribution is 2.12. The summed E-state index contributed by atoms with van der Waals surface area (Å²) in [4.78, 5) is 11.1.